The molecule has 1 aliphatic heterocycles. The van der Waals surface area contributed by atoms with Crippen LogP contribution in [-0.2, 0) is 11.8 Å². The second kappa shape index (κ2) is 6.75. The molecule has 132 valence electrons. The molecular weight excluding hydrogens is 328 g/mol. The molecule has 1 aromatic carbocycles. The third-order valence-electron chi connectivity index (χ3n) is 4.80. The number of carbonyl (C=O) groups is 1. The molecule has 0 radical (unpaired) electrons. The number of aryl methyl sites for hydroxylation is 2. The van der Waals surface area contributed by atoms with Crippen molar-refractivity contribution in [2.75, 3.05) is 13.1 Å². The Morgan fingerprint density at radius 3 is 2.48 bits per heavy atom. The smallest absolute Gasteiger partial charge is 0.269 e. The van der Waals surface area contributed by atoms with Crippen LogP contribution >= 0.6 is 11.3 Å². The Bertz CT molecular complexity index is 790. The van der Waals surface area contributed by atoms with Crippen molar-refractivity contribution in [1.29, 1.82) is 0 Å². The molecule has 0 saturated heterocycles. The largest absolute Gasteiger partial charge is 0.294 e. The van der Waals surface area contributed by atoms with E-state index in [1.165, 1.54) is 33.6 Å². The number of rotatable bonds is 3. The maximum atomic E-state index is 12.7. The fourth-order valence-electron chi connectivity index (χ4n) is 3.26. The Kier molecular flexibility index (Phi) is 4.83. The summed E-state index contributed by atoms with van der Waals surface area (Å²) in [5.74, 6) is 0.973. The van der Waals surface area contributed by atoms with Crippen LogP contribution in [0.5, 0.6) is 0 Å². The molecule has 3 nitrogen and oxygen atoms in total. The summed E-state index contributed by atoms with van der Waals surface area (Å²) >= 11 is 1.49. The molecule has 3 rings (SSSR count). The highest BCUT2D eigenvalue weighted by atomic mass is 32.1. The molecule has 0 aliphatic carbocycles. The highest BCUT2D eigenvalue weighted by Gasteiger charge is 2.26. The van der Waals surface area contributed by atoms with Crippen LogP contribution in [0.25, 0.3) is 0 Å². The van der Waals surface area contributed by atoms with Crippen molar-refractivity contribution < 1.29 is 4.79 Å². The van der Waals surface area contributed by atoms with E-state index in [1.54, 1.807) is 0 Å². The van der Waals surface area contributed by atoms with Crippen LogP contribution in [0.1, 0.15) is 52.7 Å². The Balaban J connectivity index is 1.86. The molecule has 0 N–H and O–H groups in total. The number of hydrogen-bond donors (Lipinski definition) is 0. The van der Waals surface area contributed by atoms with E-state index in [-0.39, 0.29) is 11.3 Å². The summed E-state index contributed by atoms with van der Waals surface area (Å²) in [7, 11) is 0. The summed E-state index contributed by atoms with van der Waals surface area (Å²) < 4.78 is 0. The molecule has 1 aromatic heterocycles. The number of carbonyl (C=O) groups excluding carboxylic acids is 1. The number of amidine groups is 1. The third kappa shape index (κ3) is 3.69. The van der Waals surface area contributed by atoms with Gasteiger partial charge in [-0.05, 0) is 53.0 Å². The van der Waals surface area contributed by atoms with Crippen LogP contribution in [0, 0.1) is 13.8 Å². The monoisotopic (exact) mass is 354 g/mol. The van der Waals surface area contributed by atoms with Crippen LogP contribution in [0.4, 0.5) is 0 Å². The number of amides is 1. The Hall–Kier alpha value is -1.94. The van der Waals surface area contributed by atoms with Crippen molar-refractivity contribution in [3.8, 4) is 0 Å². The summed E-state index contributed by atoms with van der Waals surface area (Å²) in [6.45, 7) is 12.4. The maximum absolute atomic E-state index is 12.7. The van der Waals surface area contributed by atoms with Crippen LogP contribution < -0.4 is 0 Å². The summed E-state index contributed by atoms with van der Waals surface area (Å²) in [4.78, 5) is 20.0. The molecule has 0 saturated carbocycles. The number of hydrogen-bond acceptors (Lipinski definition) is 3. The first kappa shape index (κ1) is 17.9. The van der Waals surface area contributed by atoms with Gasteiger partial charge in [0.15, 0.2) is 0 Å². The number of thiophene rings is 1. The van der Waals surface area contributed by atoms with Gasteiger partial charge in [-0.25, -0.2) is 0 Å². The average Bonchev–Trinajstić information content (AvgIpc) is 3.20. The molecule has 1 amide bonds. The van der Waals surface area contributed by atoms with Gasteiger partial charge in [0, 0.05) is 13.0 Å². The fourth-order valence-corrected chi connectivity index (χ4v) is 3.93. The van der Waals surface area contributed by atoms with Gasteiger partial charge in [-0.1, -0.05) is 39.0 Å². The second-order valence-electron chi connectivity index (χ2n) is 7.75. The molecule has 1 aliphatic rings. The minimum absolute atomic E-state index is 0.0767. The van der Waals surface area contributed by atoms with E-state index >= 15 is 0 Å². The van der Waals surface area contributed by atoms with Crippen molar-refractivity contribution in [3.63, 3.8) is 0 Å². The third-order valence-corrected chi connectivity index (χ3v) is 5.66. The van der Waals surface area contributed by atoms with Gasteiger partial charge in [0.05, 0.1) is 11.4 Å². The molecule has 0 atom stereocenters. The van der Waals surface area contributed by atoms with Crippen molar-refractivity contribution in [3.05, 3.63) is 56.8 Å². The van der Waals surface area contributed by atoms with E-state index in [0.29, 0.717) is 13.1 Å². The Morgan fingerprint density at radius 2 is 1.92 bits per heavy atom. The van der Waals surface area contributed by atoms with E-state index in [9.17, 15) is 4.79 Å². The zero-order chi connectivity index (χ0) is 18.2. The lowest BCUT2D eigenvalue weighted by atomic mass is 9.83. The molecule has 0 spiro atoms. The van der Waals surface area contributed by atoms with Gasteiger partial charge in [-0.2, -0.15) is 0 Å². The summed E-state index contributed by atoms with van der Waals surface area (Å²) in [5.41, 5.74) is 5.34. The van der Waals surface area contributed by atoms with Crippen molar-refractivity contribution in [2.45, 2.75) is 46.5 Å². The van der Waals surface area contributed by atoms with E-state index in [1.807, 2.05) is 22.4 Å². The number of nitrogens with zero attached hydrogens (tertiary/aromatic N) is 2. The minimum Gasteiger partial charge on any atom is -0.294 e. The van der Waals surface area contributed by atoms with Gasteiger partial charge in [-0.3, -0.25) is 14.7 Å². The predicted octanol–water partition coefficient (Wildman–Crippen LogP) is 4.76. The topological polar surface area (TPSA) is 32.7 Å². The standard InChI is InChI=1S/C21H26N2OS/c1-14-11-16(21(3,4)5)12-15(2)17(14)13-19-22-8-9-23(19)20(24)18-7-6-10-25-18/h6-7,10-12H,8-9,13H2,1-5H3. The molecule has 2 heterocycles. The van der Waals surface area contributed by atoms with Crippen molar-refractivity contribution in [1.82, 2.24) is 4.90 Å². The molecule has 2 aromatic rings. The van der Waals surface area contributed by atoms with E-state index < -0.39 is 0 Å². The van der Waals surface area contributed by atoms with Crippen molar-refractivity contribution >= 4 is 23.1 Å². The van der Waals surface area contributed by atoms with Gasteiger partial charge in [0.25, 0.3) is 5.91 Å². The molecular formula is C21H26N2OS. The fraction of sp³-hybridized carbons (Fsp3) is 0.429. The highest BCUT2D eigenvalue weighted by molar-refractivity contribution is 7.12. The maximum Gasteiger partial charge on any atom is 0.269 e. The summed E-state index contributed by atoms with van der Waals surface area (Å²) in [6, 6.07) is 8.37. The minimum atomic E-state index is 0.0767. The Labute approximate surface area is 154 Å². The Morgan fingerprint density at radius 1 is 1.24 bits per heavy atom. The van der Waals surface area contributed by atoms with E-state index in [0.717, 1.165) is 17.1 Å². The summed E-state index contributed by atoms with van der Waals surface area (Å²) in [6.07, 6.45) is 0.721. The first-order valence-corrected chi connectivity index (χ1v) is 9.64. The number of aliphatic imine (C=N–C) groups is 1. The van der Waals surface area contributed by atoms with Crippen LogP contribution in [-0.4, -0.2) is 29.7 Å². The lowest BCUT2D eigenvalue weighted by Gasteiger charge is -2.23. The normalized spacial score (nSPS) is 14.8. The van der Waals surface area contributed by atoms with E-state index in [2.05, 4.69) is 51.7 Å². The molecule has 0 fully saturated rings. The van der Waals surface area contributed by atoms with Gasteiger partial charge >= 0.3 is 0 Å². The lowest BCUT2D eigenvalue weighted by Crippen LogP contribution is -2.35. The predicted molar refractivity (Wildman–Crippen MR) is 106 cm³/mol. The highest BCUT2D eigenvalue weighted by Crippen LogP contribution is 2.28. The van der Waals surface area contributed by atoms with Gasteiger partial charge in [0.1, 0.15) is 5.84 Å². The van der Waals surface area contributed by atoms with Crippen LogP contribution in [0.15, 0.2) is 34.6 Å². The quantitative estimate of drug-likeness (QED) is 0.782. The molecule has 0 bridgehead atoms. The molecule has 25 heavy (non-hydrogen) atoms. The van der Waals surface area contributed by atoms with Crippen LogP contribution in [0.3, 0.4) is 0 Å². The van der Waals surface area contributed by atoms with Gasteiger partial charge in [0.2, 0.25) is 0 Å². The van der Waals surface area contributed by atoms with E-state index in [4.69, 9.17) is 0 Å². The summed E-state index contributed by atoms with van der Waals surface area (Å²) in [5, 5.41) is 1.94. The molecule has 4 heteroatoms. The lowest BCUT2D eigenvalue weighted by molar-refractivity contribution is 0.0861. The second-order valence-corrected chi connectivity index (χ2v) is 8.70. The molecule has 0 unspecified atom stereocenters. The van der Waals surface area contributed by atoms with Crippen molar-refractivity contribution in [2.24, 2.45) is 4.99 Å². The first-order valence-electron chi connectivity index (χ1n) is 8.76. The zero-order valence-electron chi connectivity index (χ0n) is 15.7. The van der Waals surface area contributed by atoms with Crippen LogP contribution in [0.2, 0.25) is 0 Å². The SMILES string of the molecule is Cc1cc(C(C)(C)C)cc(C)c1CC1=NCCN1C(=O)c1cccs1. The zero-order valence-corrected chi connectivity index (χ0v) is 16.5. The van der Waals surface area contributed by atoms with Gasteiger partial charge in [-0.15, -0.1) is 11.3 Å². The average molecular weight is 355 g/mol. The van der Waals surface area contributed by atoms with Gasteiger partial charge < -0.3 is 0 Å². The first-order chi connectivity index (χ1) is 11.8. The number of benzene rings is 1.